The molecule has 27 heavy (non-hydrogen) atoms. The number of amides is 1. The minimum absolute atomic E-state index is 0. The van der Waals surface area contributed by atoms with E-state index >= 15 is 0 Å². The maximum absolute atomic E-state index is 12.1. The monoisotopic (exact) mass is 489 g/mol. The summed E-state index contributed by atoms with van der Waals surface area (Å²) in [5, 5.41) is 6.50. The third kappa shape index (κ3) is 9.30. The molecule has 6 nitrogen and oxygen atoms in total. The fourth-order valence-corrected chi connectivity index (χ4v) is 2.63. The van der Waals surface area contributed by atoms with E-state index in [1.807, 2.05) is 43.9 Å². The van der Waals surface area contributed by atoms with Gasteiger partial charge in [-0.25, -0.2) is 0 Å². The molecule has 1 unspecified atom stereocenters. The lowest BCUT2D eigenvalue weighted by Crippen LogP contribution is -2.41. The van der Waals surface area contributed by atoms with Crippen LogP contribution in [0.1, 0.15) is 34.1 Å². The van der Waals surface area contributed by atoms with Crippen LogP contribution in [0.3, 0.4) is 0 Å². The summed E-state index contributed by atoms with van der Waals surface area (Å²) < 4.78 is 0. The Kier molecular flexibility index (Phi) is 13.7. The molecule has 0 spiro atoms. The Morgan fingerprint density at radius 1 is 1.11 bits per heavy atom. The number of nitrogens with zero attached hydrogens (tertiary/aromatic N) is 3. The number of carbonyl (C=O) groups excluding carboxylic acids is 1. The van der Waals surface area contributed by atoms with Crippen LogP contribution < -0.4 is 15.5 Å². The van der Waals surface area contributed by atoms with E-state index < -0.39 is 0 Å². The first-order valence-electron chi connectivity index (χ1n) is 9.61. The van der Waals surface area contributed by atoms with Crippen molar-refractivity contribution in [2.75, 3.05) is 44.7 Å². The molecule has 0 saturated heterocycles. The second-order valence-electron chi connectivity index (χ2n) is 6.26. The quantitative estimate of drug-likeness (QED) is 0.302. The highest BCUT2D eigenvalue weighted by Gasteiger charge is 2.11. The number of hydrogen-bond acceptors (Lipinski definition) is 3. The van der Waals surface area contributed by atoms with Gasteiger partial charge in [-0.1, -0.05) is 18.2 Å². The van der Waals surface area contributed by atoms with E-state index in [-0.39, 0.29) is 35.9 Å². The zero-order valence-corrected chi connectivity index (χ0v) is 19.7. The van der Waals surface area contributed by atoms with Crippen molar-refractivity contribution in [2.45, 2.75) is 40.2 Å². The Balaban J connectivity index is 0.00000676. The van der Waals surface area contributed by atoms with Crippen LogP contribution in [0.2, 0.25) is 0 Å². The molecule has 1 atom stereocenters. The van der Waals surface area contributed by atoms with Gasteiger partial charge in [0.25, 0.3) is 0 Å². The fraction of sp³-hybridized carbons (Fsp3) is 0.600. The molecule has 0 aliphatic rings. The molecule has 7 heteroatoms. The fourth-order valence-electron chi connectivity index (χ4n) is 2.63. The third-order valence-corrected chi connectivity index (χ3v) is 4.43. The topological polar surface area (TPSA) is 60.0 Å². The average Bonchev–Trinajstić information content (AvgIpc) is 2.66. The summed E-state index contributed by atoms with van der Waals surface area (Å²) >= 11 is 0. The number of nitrogens with one attached hydrogen (secondary N) is 2. The minimum atomic E-state index is 0. The number of para-hydroxylation sites is 1. The second kappa shape index (κ2) is 14.5. The molecule has 0 fully saturated rings. The Bertz CT molecular complexity index is 549. The van der Waals surface area contributed by atoms with Crippen molar-refractivity contribution in [2.24, 2.45) is 4.99 Å². The first-order valence-corrected chi connectivity index (χ1v) is 9.61. The number of carbonyl (C=O) groups is 1. The summed E-state index contributed by atoms with van der Waals surface area (Å²) in [6, 6.07) is 10.6. The summed E-state index contributed by atoms with van der Waals surface area (Å²) in [6.07, 6.45) is 0.478. The molecule has 0 heterocycles. The van der Waals surface area contributed by atoms with Crippen molar-refractivity contribution in [3.8, 4) is 0 Å². The van der Waals surface area contributed by atoms with Crippen molar-refractivity contribution >= 4 is 41.5 Å². The second-order valence-corrected chi connectivity index (χ2v) is 6.26. The molecule has 0 saturated carbocycles. The lowest BCUT2D eigenvalue weighted by atomic mass is 10.2. The summed E-state index contributed by atoms with van der Waals surface area (Å²) in [4.78, 5) is 20.8. The molecule has 1 amide bonds. The number of aliphatic imine (C=N–C) groups is 1. The number of halogens is 1. The van der Waals surface area contributed by atoms with Crippen molar-refractivity contribution < 1.29 is 4.79 Å². The average molecular weight is 489 g/mol. The van der Waals surface area contributed by atoms with Crippen molar-refractivity contribution in [1.29, 1.82) is 0 Å². The molecule has 1 aromatic rings. The standard InChI is InChI=1S/C20H35N5O.HI/c1-6-21-20(22-15-14-19(26)25(7-2)8-3)23-16-17(4)24(5)18-12-10-9-11-13-18;/h9-13,17H,6-8,14-16H2,1-5H3,(H2,21,22,23);1H. The molecule has 2 N–H and O–H groups in total. The van der Waals surface area contributed by atoms with Crippen molar-refractivity contribution in [1.82, 2.24) is 15.5 Å². The summed E-state index contributed by atoms with van der Waals surface area (Å²) in [5.74, 6) is 0.934. The van der Waals surface area contributed by atoms with Crippen LogP contribution in [0, 0.1) is 0 Å². The number of anilines is 1. The maximum Gasteiger partial charge on any atom is 0.224 e. The molecular formula is C20H36IN5O. The minimum Gasteiger partial charge on any atom is -0.370 e. The number of hydrogen-bond donors (Lipinski definition) is 2. The Hall–Kier alpha value is -1.51. The van der Waals surface area contributed by atoms with Gasteiger partial charge in [-0.2, -0.15) is 0 Å². The van der Waals surface area contributed by atoms with Crippen LogP contribution in [-0.4, -0.2) is 62.6 Å². The molecule has 0 aliphatic carbocycles. The lowest BCUT2D eigenvalue weighted by molar-refractivity contribution is -0.130. The number of guanidine groups is 1. The van der Waals surface area contributed by atoms with Gasteiger partial charge < -0.3 is 20.4 Å². The van der Waals surface area contributed by atoms with E-state index in [1.54, 1.807) is 0 Å². The molecule has 1 rings (SSSR count). The van der Waals surface area contributed by atoms with Crippen LogP contribution in [-0.2, 0) is 4.79 Å². The highest BCUT2D eigenvalue weighted by molar-refractivity contribution is 14.0. The number of benzene rings is 1. The highest BCUT2D eigenvalue weighted by Crippen LogP contribution is 2.14. The summed E-state index contributed by atoms with van der Waals surface area (Å²) in [6.45, 7) is 11.8. The number of likely N-dealkylation sites (N-methyl/N-ethyl adjacent to an activating group) is 1. The predicted molar refractivity (Wildman–Crippen MR) is 126 cm³/mol. The molecule has 0 aliphatic heterocycles. The largest absolute Gasteiger partial charge is 0.370 e. The van der Waals surface area contributed by atoms with Gasteiger partial charge in [-0.3, -0.25) is 9.79 Å². The first-order chi connectivity index (χ1) is 12.5. The van der Waals surface area contributed by atoms with E-state index in [0.717, 1.165) is 25.6 Å². The van der Waals surface area contributed by atoms with Gasteiger partial charge in [0.05, 0.1) is 6.54 Å². The van der Waals surface area contributed by atoms with E-state index in [4.69, 9.17) is 0 Å². The SMILES string of the molecule is CCNC(=NCC(C)N(C)c1ccccc1)NCCC(=O)N(CC)CC.I. The Morgan fingerprint density at radius 3 is 2.30 bits per heavy atom. The first kappa shape index (κ1) is 25.5. The Morgan fingerprint density at radius 2 is 1.74 bits per heavy atom. The molecule has 0 radical (unpaired) electrons. The van der Waals surface area contributed by atoms with E-state index in [2.05, 4.69) is 46.6 Å². The van der Waals surface area contributed by atoms with Gasteiger partial charge in [0, 0.05) is 51.4 Å². The Labute approximate surface area is 181 Å². The van der Waals surface area contributed by atoms with Crippen LogP contribution in [0.25, 0.3) is 0 Å². The van der Waals surface area contributed by atoms with E-state index in [9.17, 15) is 4.79 Å². The van der Waals surface area contributed by atoms with Gasteiger partial charge in [-0.15, -0.1) is 24.0 Å². The maximum atomic E-state index is 12.1. The van der Waals surface area contributed by atoms with Gasteiger partial charge in [0.15, 0.2) is 5.96 Å². The molecule has 0 aromatic heterocycles. The molecule has 154 valence electrons. The van der Waals surface area contributed by atoms with Crippen LogP contribution >= 0.6 is 24.0 Å². The zero-order valence-electron chi connectivity index (χ0n) is 17.4. The summed E-state index contributed by atoms with van der Waals surface area (Å²) in [5.41, 5.74) is 1.18. The molecule has 1 aromatic carbocycles. The predicted octanol–water partition coefficient (Wildman–Crippen LogP) is 2.94. The summed E-state index contributed by atoms with van der Waals surface area (Å²) in [7, 11) is 2.08. The lowest BCUT2D eigenvalue weighted by Gasteiger charge is -2.26. The smallest absolute Gasteiger partial charge is 0.224 e. The highest BCUT2D eigenvalue weighted by atomic mass is 127. The van der Waals surface area contributed by atoms with Crippen LogP contribution in [0.15, 0.2) is 35.3 Å². The van der Waals surface area contributed by atoms with Crippen LogP contribution in [0.5, 0.6) is 0 Å². The van der Waals surface area contributed by atoms with Crippen molar-refractivity contribution in [3.63, 3.8) is 0 Å². The van der Waals surface area contributed by atoms with Crippen LogP contribution in [0.4, 0.5) is 5.69 Å². The van der Waals surface area contributed by atoms with Gasteiger partial charge in [0.2, 0.25) is 5.91 Å². The van der Waals surface area contributed by atoms with Gasteiger partial charge in [0.1, 0.15) is 0 Å². The van der Waals surface area contributed by atoms with Gasteiger partial charge >= 0.3 is 0 Å². The molecule has 0 bridgehead atoms. The van der Waals surface area contributed by atoms with Crippen molar-refractivity contribution in [3.05, 3.63) is 30.3 Å². The van der Waals surface area contributed by atoms with E-state index in [1.165, 1.54) is 5.69 Å². The van der Waals surface area contributed by atoms with Gasteiger partial charge in [-0.05, 0) is 39.8 Å². The normalized spacial score (nSPS) is 12.0. The third-order valence-electron chi connectivity index (χ3n) is 4.43. The zero-order chi connectivity index (χ0) is 19.4. The number of rotatable bonds is 10. The molecular weight excluding hydrogens is 453 g/mol. The van der Waals surface area contributed by atoms with E-state index in [0.29, 0.717) is 19.5 Å².